The smallest absolute Gasteiger partial charge is 0.251 e. The Morgan fingerprint density at radius 3 is 2.17 bits per heavy atom. The number of ether oxygens (including phenoxy) is 2. The van der Waals surface area contributed by atoms with Gasteiger partial charge in [0.15, 0.2) is 0 Å². The maximum absolute atomic E-state index is 11.9. The van der Waals surface area contributed by atoms with Crippen molar-refractivity contribution in [1.29, 1.82) is 0 Å². The van der Waals surface area contributed by atoms with Crippen LogP contribution in [0.2, 0.25) is 0 Å². The van der Waals surface area contributed by atoms with E-state index in [9.17, 15) is 4.79 Å². The SMILES string of the molecule is COc1cccc(CC(N)=C(C(N)=O)c2cccc(OC)c2)c1. The van der Waals surface area contributed by atoms with E-state index < -0.39 is 5.91 Å². The van der Waals surface area contributed by atoms with Gasteiger partial charge >= 0.3 is 0 Å². The lowest BCUT2D eigenvalue weighted by Gasteiger charge is -2.11. The Balaban J connectivity index is 2.40. The predicted molar refractivity (Wildman–Crippen MR) is 90.0 cm³/mol. The third-order valence-electron chi connectivity index (χ3n) is 3.45. The number of carbonyl (C=O) groups excluding carboxylic acids is 1. The van der Waals surface area contributed by atoms with E-state index in [0.29, 0.717) is 29.0 Å². The van der Waals surface area contributed by atoms with Crippen LogP contribution in [0, 0.1) is 0 Å². The van der Waals surface area contributed by atoms with Crippen LogP contribution in [-0.4, -0.2) is 20.1 Å². The highest BCUT2D eigenvalue weighted by atomic mass is 16.5. The molecule has 5 heteroatoms. The van der Waals surface area contributed by atoms with Gasteiger partial charge in [-0.15, -0.1) is 0 Å². The van der Waals surface area contributed by atoms with Gasteiger partial charge in [-0.25, -0.2) is 0 Å². The van der Waals surface area contributed by atoms with Gasteiger partial charge in [0, 0.05) is 12.1 Å². The van der Waals surface area contributed by atoms with Crippen molar-refractivity contribution in [2.75, 3.05) is 14.2 Å². The highest BCUT2D eigenvalue weighted by Crippen LogP contribution is 2.23. The van der Waals surface area contributed by atoms with Gasteiger partial charge in [-0.3, -0.25) is 4.79 Å². The summed E-state index contributed by atoms with van der Waals surface area (Å²) in [7, 11) is 3.16. The molecule has 0 radical (unpaired) electrons. The van der Waals surface area contributed by atoms with Gasteiger partial charge in [0.25, 0.3) is 5.91 Å². The van der Waals surface area contributed by atoms with E-state index in [0.717, 1.165) is 11.3 Å². The molecule has 0 unspecified atom stereocenters. The molecule has 0 heterocycles. The van der Waals surface area contributed by atoms with Gasteiger partial charge in [0.05, 0.1) is 19.8 Å². The van der Waals surface area contributed by atoms with Gasteiger partial charge < -0.3 is 20.9 Å². The van der Waals surface area contributed by atoms with E-state index in [4.69, 9.17) is 20.9 Å². The van der Waals surface area contributed by atoms with E-state index in [-0.39, 0.29) is 0 Å². The summed E-state index contributed by atoms with van der Waals surface area (Å²) >= 11 is 0. The van der Waals surface area contributed by atoms with Gasteiger partial charge in [-0.2, -0.15) is 0 Å². The van der Waals surface area contributed by atoms with Gasteiger partial charge in [0.1, 0.15) is 11.5 Å². The second-order valence-corrected chi connectivity index (χ2v) is 5.02. The molecule has 0 aromatic heterocycles. The average Bonchev–Trinajstić information content (AvgIpc) is 2.55. The van der Waals surface area contributed by atoms with Crippen molar-refractivity contribution in [3.05, 3.63) is 65.4 Å². The minimum absolute atomic E-state index is 0.298. The number of primary amides is 1. The fraction of sp³-hybridized carbons (Fsp3) is 0.167. The summed E-state index contributed by atoms with van der Waals surface area (Å²) in [5.41, 5.74) is 14.0. The lowest BCUT2D eigenvalue weighted by atomic mass is 9.99. The summed E-state index contributed by atoms with van der Waals surface area (Å²) in [5.74, 6) is 0.798. The number of nitrogens with two attached hydrogens (primary N) is 2. The van der Waals surface area contributed by atoms with Crippen LogP contribution < -0.4 is 20.9 Å². The molecule has 0 atom stereocenters. The molecule has 0 aliphatic heterocycles. The second-order valence-electron chi connectivity index (χ2n) is 5.02. The summed E-state index contributed by atoms with van der Waals surface area (Å²) in [6.45, 7) is 0. The summed E-state index contributed by atoms with van der Waals surface area (Å²) in [6, 6.07) is 14.6. The largest absolute Gasteiger partial charge is 0.497 e. The van der Waals surface area contributed by atoms with Crippen LogP contribution in [0.5, 0.6) is 11.5 Å². The Morgan fingerprint density at radius 2 is 1.57 bits per heavy atom. The molecule has 2 aromatic carbocycles. The summed E-state index contributed by atoms with van der Waals surface area (Å²) in [6.07, 6.45) is 0.396. The molecule has 2 rings (SSSR count). The average molecular weight is 312 g/mol. The Morgan fingerprint density at radius 1 is 0.957 bits per heavy atom. The molecule has 4 N–H and O–H groups in total. The van der Waals surface area contributed by atoms with E-state index in [2.05, 4.69) is 0 Å². The van der Waals surface area contributed by atoms with E-state index in [1.54, 1.807) is 38.5 Å². The number of rotatable bonds is 6. The van der Waals surface area contributed by atoms with Crippen LogP contribution in [0.25, 0.3) is 5.57 Å². The number of amides is 1. The first-order chi connectivity index (χ1) is 11.0. The maximum atomic E-state index is 11.9. The first-order valence-electron chi connectivity index (χ1n) is 7.11. The zero-order valence-electron chi connectivity index (χ0n) is 13.2. The van der Waals surface area contributed by atoms with Crippen LogP contribution in [0.1, 0.15) is 11.1 Å². The van der Waals surface area contributed by atoms with Crippen LogP contribution in [0.15, 0.2) is 54.2 Å². The first kappa shape index (κ1) is 16.4. The second kappa shape index (κ2) is 7.35. The third kappa shape index (κ3) is 4.03. The van der Waals surface area contributed by atoms with Gasteiger partial charge in [0.2, 0.25) is 0 Å². The van der Waals surface area contributed by atoms with Crippen molar-refractivity contribution in [2.24, 2.45) is 11.5 Å². The molecule has 0 bridgehead atoms. The van der Waals surface area contributed by atoms with Crippen LogP contribution >= 0.6 is 0 Å². The molecular weight excluding hydrogens is 292 g/mol. The lowest BCUT2D eigenvalue weighted by molar-refractivity contribution is -0.112. The molecule has 23 heavy (non-hydrogen) atoms. The number of benzene rings is 2. The Hall–Kier alpha value is -2.95. The number of hydrogen-bond donors (Lipinski definition) is 2. The highest BCUT2D eigenvalue weighted by molar-refractivity contribution is 6.19. The van der Waals surface area contributed by atoms with Crippen molar-refractivity contribution < 1.29 is 14.3 Å². The molecule has 0 spiro atoms. The molecule has 0 aliphatic carbocycles. The fourth-order valence-corrected chi connectivity index (χ4v) is 2.36. The predicted octanol–water partition coefficient (Wildman–Crippen LogP) is 2.10. The number of allylic oxidation sites excluding steroid dienone is 1. The fourth-order valence-electron chi connectivity index (χ4n) is 2.36. The zero-order chi connectivity index (χ0) is 16.8. The number of methoxy groups -OCH3 is 2. The Kier molecular flexibility index (Phi) is 5.25. The summed E-state index contributed by atoms with van der Waals surface area (Å²) < 4.78 is 10.4. The van der Waals surface area contributed by atoms with Crippen molar-refractivity contribution in [2.45, 2.75) is 6.42 Å². The zero-order valence-corrected chi connectivity index (χ0v) is 13.2. The van der Waals surface area contributed by atoms with Crippen molar-refractivity contribution >= 4 is 11.5 Å². The summed E-state index contributed by atoms with van der Waals surface area (Å²) in [5, 5.41) is 0. The van der Waals surface area contributed by atoms with Crippen molar-refractivity contribution in [1.82, 2.24) is 0 Å². The number of carbonyl (C=O) groups is 1. The Bertz CT molecular complexity index is 739. The van der Waals surface area contributed by atoms with Gasteiger partial charge in [-0.05, 0) is 35.4 Å². The van der Waals surface area contributed by atoms with E-state index in [1.165, 1.54) is 0 Å². The van der Waals surface area contributed by atoms with Crippen molar-refractivity contribution in [3.63, 3.8) is 0 Å². The number of hydrogen-bond acceptors (Lipinski definition) is 4. The van der Waals surface area contributed by atoms with Crippen LogP contribution in [-0.2, 0) is 11.2 Å². The van der Waals surface area contributed by atoms with Gasteiger partial charge in [-0.1, -0.05) is 24.3 Å². The molecule has 0 saturated heterocycles. The van der Waals surface area contributed by atoms with Crippen LogP contribution in [0.4, 0.5) is 0 Å². The standard InChI is InChI=1S/C18H20N2O3/c1-22-14-7-3-5-12(9-14)10-16(19)17(18(20)21)13-6-4-8-15(11-13)23-2/h3-9,11H,10,19H2,1-2H3,(H2,20,21). The van der Waals surface area contributed by atoms with Crippen LogP contribution in [0.3, 0.4) is 0 Å². The molecule has 0 fully saturated rings. The third-order valence-corrected chi connectivity index (χ3v) is 3.45. The molecule has 5 nitrogen and oxygen atoms in total. The molecule has 1 amide bonds. The normalized spacial score (nSPS) is 11.6. The van der Waals surface area contributed by atoms with E-state index >= 15 is 0 Å². The monoisotopic (exact) mass is 312 g/mol. The lowest BCUT2D eigenvalue weighted by Crippen LogP contribution is -2.19. The topological polar surface area (TPSA) is 87.6 Å². The van der Waals surface area contributed by atoms with E-state index in [1.807, 2.05) is 24.3 Å². The maximum Gasteiger partial charge on any atom is 0.251 e. The molecular formula is C18H20N2O3. The first-order valence-corrected chi connectivity index (χ1v) is 7.11. The minimum atomic E-state index is -0.571. The molecule has 0 aliphatic rings. The molecule has 120 valence electrons. The quantitative estimate of drug-likeness (QED) is 0.800. The molecule has 0 saturated carbocycles. The van der Waals surface area contributed by atoms with Crippen molar-refractivity contribution in [3.8, 4) is 11.5 Å². The highest BCUT2D eigenvalue weighted by Gasteiger charge is 2.14. The summed E-state index contributed by atoms with van der Waals surface area (Å²) in [4.78, 5) is 11.9. The Labute approximate surface area is 135 Å². The molecule has 2 aromatic rings. The minimum Gasteiger partial charge on any atom is -0.497 e.